The Morgan fingerprint density at radius 1 is 0.667 bits per heavy atom. The van der Waals surface area contributed by atoms with Crippen LogP contribution < -0.4 is 0 Å². The van der Waals surface area contributed by atoms with Gasteiger partial charge in [0, 0.05) is 20.8 Å². The summed E-state index contributed by atoms with van der Waals surface area (Å²) >= 11 is 3.54. The first-order valence-corrected chi connectivity index (χ1v) is 7.66. The van der Waals surface area contributed by atoms with Crippen LogP contribution in [-0.2, 0) is 0 Å². The summed E-state index contributed by atoms with van der Waals surface area (Å²) in [6, 6.07) is 25.1. The van der Waals surface area contributed by atoms with Gasteiger partial charge in [-0.25, -0.2) is 4.98 Å². The third kappa shape index (κ3) is 2.12. The van der Waals surface area contributed by atoms with Gasteiger partial charge >= 0.3 is 0 Å². The van der Waals surface area contributed by atoms with Gasteiger partial charge in [-0.15, -0.1) is 0 Å². The van der Waals surface area contributed by atoms with Crippen molar-refractivity contribution in [3.63, 3.8) is 0 Å². The molecule has 4 aromatic rings. The van der Waals surface area contributed by atoms with Gasteiger partial charge in [0.2, 0.25) is 0 Å². The standard InChI is InChI=1S/C19H12BrN/c20-14-10-11-16-15-8-4-5-9-17(15)19(21-18(16)12-14)13-6-2-1-3-7-13/h1-12H. The van der Waals surface area contributed by atoms with E-state index >= 15 is 0 Å². The Labute approximate surface area is 131 Å². The van der Waals surface area contributed by atoms with E-state index in [1.54, 1.807) is 0 Å². The van der Waals surface area contributed by atoms with Crippen molar-refractivity contribution in [2.75, 3.05) is 0 Å². The fourth-order valence-corrected chi connectivity index (χ4v) is 3.10. The molecule has 0 spiro atoms. The van der Waals surface area contributed by atoms with Crippen molar-refractivity contribution in [2.45, 2.75) is 0 Å². The molecule has 0 atom stereocenters. The number of fused-ring (bicyclic) bond motifs is 3. The second-order valence-electron chi connectivity index (χ2n) is 5.03. The zero-order chi connectivity index (χ0) is 14.2. The number of nitrogens with zero attached hydrogens (tertiary/aromatic N) is 1. The first kappa shape index (κ1) is 12.5. The smallest absolute Gasteiger partial charge is 0.0788 e. The molecule has 0 unspecified atom stereocenters. The Bertz CT molecular complexity index is 945. The van der Waals surface area contributed by atoms with Crippen molar-refractivity contribution in [3.05, 3.63) is 77.3 Å². The first-order valence-electron chi connectivity index (χ1n) is 6.86. The zero-order valence-electron chi connectivity index (χ0n) is 11.3. The lowest BCUT2D eigenvalue weighted by Gasteiger charge is -2.10. The monoisotopic (exact) mass is 333 g/mol. The van der Waals surface area contributed by atoms with E-state index in [4.69, 9.17) is 4.98 Å². The molecule has 1 nitrogen and oxygen atoms in total. The summed E-state index contributed by atoms with van der Waals surface area (Å²) in [5, 5.41) is 3.63. The van der Waals surface area contributed by atoms with Crippen molar-refractivity contribution < 1.29 is 0 Å². The number of pyridine rings is 1. The lowest BCUT2D eigenvalue weighted by Crippen LogP contribution is -1.89. The minimum atomic E-state index is 1.02. The van der Waals surface area contributed by atoms with E-state index in [1.807, 2.05) is 6.07 Å². The molecule has 21 heavy (non-hydrogen) atoms. The highest BCUT2D eigenvalue weighted by molar-refractivity contribution is 9.10. The molecule has 0 fully saturated rings. The Morgan fingerprint density at radius 2 is 1.38 bits per heavy atom. The summed E-state index contributed by atoms with van der Waals surface area (Å²) in [7, 11) is 0. The lowest BCUT2D eigenvalue weighted by atomic mass is 10.0. The van der Waals surface area contributed by atoms with Crippen molar-refractivity contribution in [3.8, 4) is 11.3 Å². The van der Waals surface area contributed by atoms with Crippen LogP contribution in [-0.4, -0.2) is 4.98 Å². The highest BCUT2D eigenvalue weighted by Crippen LogP contribution is 2.33. The van der Waals surface area contributed by atoms with Gasteiger partial charge in [0.05, 0.1) is 11.2 Å². The number of rotatable bonds is 1. The Kier molecular flexibility index (Phi) is 2.97. The van der Waals surface area contributed by atoms with Crippen LogP contribution in [0.25, 0.3) is 32.9 Å². The maximum Gasteiger partial charge on any atom is 0.0788 e. The minimum absolute atomic E-state index is 1.02. The molecule has 0 amide bonds. The Balaban J connectivity index is 2.18. The molecule has 1 aromatic heterocycles. The van der Waals surface area contributed by atoms with Gasteiger partial charge in [0.15, 0.2) is 0 Å². The van der Waals surface area contributed by atoms with Crippen LogP contribution in [0.2, 0.25) is 0 Å². The molecular weight excluding hydrogens is 322 g/mol. The van der Waals surface area contributed by atoms with Crippen LogP contribution >= 0.6 is 15.9 Å². The van der Waals surface area contributed by atoms with E-state index in [9.17, 15) is 0 Å². The van der Waals surface area contributed by atoms with Crippen molar-refractivity contribution in [1.82, 2.24) is 4.98 Å². The summed E-state index contributed by atoms with van der Waals surface area (Å²) in [6.07, 6.45) is 0. The Morgan fingerprint density at radius 3 is 2.19 bits per heavy atom. The van der Waals surface area contributed by atoms with E-state index in [2.05, 4.69) is 82.7 Å². The van der Waals surface area contributed by atoms with Crippen LogP contribution in [0.3, 0.4) is 0 Å². The van der Waals surface area contributed by atoms with E-state index in [-0.39, 0.29) is 0 Å². The predicted molar refractivity (Wildman–Crippen MR) is 92.4 cm³/mol. The molecule has 0 aliphatic heterocycles. The van der Waals surface area contributed by atoms with Crippen LogP contribution in [0.4, 0.5) is 0 Å². The fraction of sp³-hybridized carbons (Fsp3) is 0. The van der Waals surface area contributed by atoms with Gasteiger partial charge in [-0.05, 0) is 17.5 Å². The highest BCUT2D eigenvalue weighted by Gasteiger charge is 2.09. The van der Waals surface area contributed by atoms with Crippen molar-refractivity contribution in [2.24, 2.45) is 0 Å². The van der Waals surface area contributed by atoms with E-state index in [0.29, 0.717) is 0 Å². The number of benzene rings is 3. The molecule has 0 aliphatic rings. The summed E-state index contributed by atoms with van der Waals surface area (Å²) in [5.74, 6) is 0. The molecule has 4 rings (SSSR count). The number of hydrogen-bond donors (Lipinski definition) is 0. The van der Waals surface area contributed by atoms with Gasteiger partial charge in [-0.3, -0.25) is 0 Å². The molecule has 0 N–H and O–H groups in total. The maximum atomic E-state index is 4.90. The molecule has 0 saturated carbocycles. The number of hydrogen-bond acceptors (Lipinski definition) is 1. The van der Waals surface area contributed by atoms with Gasteiger partial charge in [-0.2, -0.15) is 0 Å². The summed E-state index contributed by atoms with van der Waals surface area (Å²) in [6.45, 7) is 0. The SMILES string of the molecule is Brc1ccc2c(c1)nc(-c1ccccc1)c1ccccc12. The van der Waals surface area contributed by atoms with Gasteiger partial charge in [0.1, 0.15) is 0 Å². The zero-order valence-corrected chi connectivity index (χ0v) is 12.8. The fourth-order valence-electron chi connectivity index (χ4n) is 2.75. The Hall–Kier alpha value is -2.19. The summed E-state index contributed by atoms with van der Waals surface area (Å²) in [4.78, 5) is 4.90. The average molecular weight is 334 g/mol. The molecule has 3 aromatic carbocycles. The van der Waals surface area contributed by atoms with Gasteiger partial charge in [-0.1, -0.05) is 76.6 Å². The second kappa shape index (κ2) is 4.97. The molecule has 100 valence electrons. The summed E-state index contributed by atoms with van der Waals surface area (Å²) < 4.78 is 1.05. The normalized spacial score (nSPS) is 11.1. The van der Waals surface area contributed by atoms with E-state index < -0.39 is 0 Å². The van der Waals surface area contributed by atoms with Gasteiger partial charge < -0.3 is 0 Å². The molecule has 2 heteroatoms. The van der Waals surface area contributed by atoms with Crippen LogP contribution in [0.5, 0.6) is 0 Å². The second-order valence-corrected chi connectivity index (χ2v) is 5.95. The molecule has 1 heterocycles. The summed E-state index contributed by atoms with van der Waals surface area (Å²) in [5.41, 5.74) is 3.20. The van der Waals surface area contributed by atoms with Gasteiger partial charge in [0.25, 0.3) is 0 Å². The minimum Gasteiger partial charge on any atom is -0.247 e. The average Bonchev–Trinajstić information content (AvgIpc) is 2.54. The molecule has 0 aliphatic carbocycles. The van der Waals surface area contributed by atoms with E-state index in [1.165, 1.54) is 16.2 Å². The number of aromatic nitrogens is 1. The highest BCUT2D eigenvalue weighted by atomic mass is 79.9. The van der Waals surface area contributed by atoms with Crippen molar-refractivity contribution >= 4 is 37.6 Å². The number of halogens is 1. The van der Waals surface area contributed by atoms with E-state index in [0.717, 1.165) is 21.2 Å². The topological polar surface area (TPSA) is 12.9 Å². The van der Waals surface area contributed by atoms with Crippen molar-refractivity contribution in [1.29, 1.82) is 0 Å². The maximum absolute atomic E-state index is 4.90. The largest absolute Gasteiger partial charge is 0.247 e. The van der Waals surface area contributed by atoms with Crippen LogP contribution in [0, 0.1) is 0 Å². The van der Waals surface area contributed by atoms with Crippen LogP contribution in [0.15, 0.2) is 77.3 Å². The third-order valence-electron chi connectivity index (χ3n) is 3.71. The molecule has 0 bridgehead atoms. The lowest BCUT2D eigenvalue weighted by molar-refractivity contribution is 1.42. The predicted octanol–water partition coefficient (Wildman–Crippen LogP) is 5.82. The molecule has 0 saturated heterocycles. The van der Waals surface area contributed by atoms with Crippen LogP contribution in [0.1, 0.15) is 0 Å². The first-order chi connectivity index (χ1) is 10.3. The third-order valence-corrected chi connectivity index (χ3v) is 4.20. The molecular formula is C19H12BrN. The molecule has 0 radical (unpaired) electrons. The quantitative estimate of drug-likeness (QED) is 0.400.